The van der Waals surface area contributed by atoms with Crippen LogP contribution < -0.4 is 4.74 Å². The minimum atomic E-state index is -4.45. The highest BCUT2D eigenvalue weighted by atomic mass is 19.4. The van der Waals surface area contributed by atoms with Crippen molar-refractivity contribution in [1.29, 1.82) is 0 Å². The molecule has 1 unspecified atom stereocenters. The van der Waals surface area contributed by atoms with Gasteiger partial charge in [-0.2, -0.15) is 13.2 Å². The number of ether oxygens (including phenoxy) is 1. The van der Waals surface area contributed by atoms with Crippen LogP contribution in [0.2, 0.25) is 0 Å². The summed E-state index contributed by atoms with van der Waals surface area (Å²) in [5, 5.41) is 11.7. The van der Waals surface area contributed by atoms with Gasteiger partial charge in [-0.05, 0) is 41.5 Å². The second-order valence-electron chi connectivity index (χ2n) is 8.72. The molecule has 2 aliphatic rings. The minimum absolute atomic E-state index is 0.0948. The maximum absolute atomic E-state index is 13.1. The number of nitrogens with zero attached hydrogens (tertiary/aromatic N) is 5. The Morgan fingerprint density at radius 3 is 2.57 bits per heavy atom. The molecule has 0 saturated heterocycles. The molecule has 0 amide bonds. The summed E-state index contributed by atoms with van der Waals surface area (Å²) < 4.78 is 44.6. The SMILES string of the molecule is Cn1nnnc1C(C)(CC(=O)c1cc(OCC(F)(F)F)c(C2CC2)cn1)CC1CC1. The number of ketones is 1. The topological polar surface area (TPSA) is 82.8 Å². The first kappa shape index (κ1) is 20.7. The third-order valence-corrected chi connectivity index (χ3v) is 5.74. The van der Waals surface area contributed by atoms with E-state index in [1.165, 1.54) is 12.3 Å². The lowest BCUT2D eigenvalue weighted by atomic mass is 9.78. The molecule has 0 bridgehead atoms. The van der Waals surface area contributed by atoms with Gasteiger partial charge < -0.3 is 4.74 Å². The summed E-state index contributed by atoms with van der Waals surface area (Å²) in [5.41, 5.74) is 0.156. The van der Waals surface area contributed by atoms with Crippen LogP contribution in [0.3, 0.4) is 0 Å². The van der Waals surface area contributed by atoms with Crippen molar-refractivity contribution in [2.75, 3.05) is 6.61 Å². The van der Waals surface area contributed by atoms with Crippen LogP contribution in [0, 0.1) is 5.92 Å². The predicted octanol–water partition coefficient (Wildman–Crippen LogP) is 3.75. The zero-order valence-corrected chi connectivity index (χ0v) is 16.9. The number of halogens is 3. The number of aryl methyl sites for hydroxylation is 1. The molecule has 2 aromatic rings. The lowest BCUT2D eigenvalue weighted by Crippen LogP contribution is -2.30. The number of hydrogen-bond acceptors (Lipinski definition) is 6. The molecule has 2 aliphatic carbocycles. The van der Waals surface area contributed by atoms with E-state index in [1.54, 1.807) is 11.7 Å². The molecular weight excluding hydrogens is 399 g/mol. The average Bonchev–Trinajstić information content (AvgIpc) is 3.59. The van der Waals surface area contributed by atoms with Crippen LogP contribution in [0.1, 0.15) is 73.2 Å². The van der Waals surface area contributed by atoms with Crippen molar-refractivity contribution in [2.24, 2.45) is 13.0 Å². The zero-order valence-electron chi connectivity index (χ0n) is 16.9. The molecule has 10 heteroatoms. The molecule has 1 atom stereocenters. The molecule has 2 heterocycles. The van der Waals surface area contributed by atoms with E-state index >= 15 is 0 Å². The van der Waals surface area contributed by atoms with Crippen LogP contribution in [-0.2, 0) is 12.5 Å². The van der Waals surface area contributed by atoms with Gasteiger partial charge in [-0.15, -0.1) is 5.10 Å². The Kier molecular flexibility index (Phi) is 5.27. The second-order valence-corrected chi connectivity index (χ2v) is 8.72. The van der Waals surface area contributed by atoms with Gasteiger partial charge in [-0.3, -0.25) is 9.78 Å². The quantitative estimate of drug-likeness (QED) is 0.571. The Hall–Kier alpha value is -2.52. The van der Waals surface area contributed by atoms with Crippen LogP contribution in [-0.4, -0.2) is 43.8 Å². The highest BCUT2D eigenvalue weighted by molar-refractivity contribution is 5.95. The molecule has 0 radical (unpaired) electrons. The summed E-state index contributed by atoms with van der Waals surface area (Å²) in [6.07, 6.45) is 1.91. The van der Waals surface area contributed by atoms with Crippen molar-refractivity contribution in [2.45, 2.75) is 63.0 Å². The van der Waals surface area contributed by atoms with Crippen LogP contribution >= 0.6 is 0 Å². The van der Waals surface area contributed by atoms with Crippen LogP contribution in [0.4, 0.5) is 13.2 Å². The second kappa shape index (κ2) is 7.63. The summed E-state index contributed by atoms with van der Waals surface area (Å²) in [6.45, 7) is 0.558. The molecule has 30 heavy (non-hydrogen) atoms. The van der Waals surface area contributed by atoms with E-state index in [1.807, 2.05) is 6.92 Å². The van der Waals surface area contributed by atoms with Crippen molar-refractivity contribution in [1.82, 2.24) is 25.2 Å². The number of tetrazole rings is 1. The van der Waals surface area contributed by atoms with Gasteiger partial charge in [0.1, 0.15) is 11.4 Å². The molecular formula is C20H24F3N5O2. The Labute approximate surface area is 172 Å². The number of rotatable bonds is 9. The number of pyridine rings is 1. The fraction of sp³-hybridized carbons (Fsp3) is 0.650. The van der Waals surface area contributed by atoms with Gasteiger partial charge in [0.2, 0.25) is 0 Å². The third-order valence-electron chi connectivity index (χ3n) is 5.74. The Morgan fingerprint density at radius 2 is 2.00 bits per heavy atom. The summed E-state index contributed by atoms with van der Waals surface area (Å²) in [6, 6.07) is 1.36. The van der Waals surface area contributed by atoms with E-state index in [4.69, 9.17) is 4.74 Å². The minimum Gasteiger partial charge on any atom is -0.484 e. The summed E-state index contributed by atoms with van der Waals surface area (Å²) >= 11 is 0. The van der Waals surface area contributed by atoms with Gasteiger partial charge in [0.15, 0.2) is 18.2 Å². The standard InChI is InChI=1S/C20H24F3N5O2/c1-19(8-12-3-4-12,18-25-26-27-28(18)2)9-16(29)15-7-17(30-11-20(21,22)23)14(10-24-15)13-5-6-13/h7,10,12-13H,3-6,8-9,11H2,1-2H3. The maximum Gasteiger partial charge on any atom is 0.422 e. The number of alkyl halides is 3. The van der Waals surface area contributed by atoms with Crippen LogP contribution in [0.15, 0.2) is 12.3 Å². The highest BCUT2D eigenvalue weighted by Gasteiger charge is 2.40. The monoisotopic (exact) mass is 423 g/mol. The first-order valence-electron chi connectivity index (χ1n) is 10.1. The summed E-state index contributed by atoms with van der Waals surface area (Å²) in [7, 11) is 1.73. The maximum atomic E-state index is 13.1. The Balaban J connectivity index is 1.57. The fourth-order valence-electron chi connectivity index (χ4n) is 3.97. The van der Waals surface area contributed by atoms with Crippen molar-refractivity contribution < 1.29 is 22.7 Å². The van der Waals surface area contributed by atoms with E-state index in [0.717, 1.165) is 32.1 Å². The van der Waals surface area contributed by atoms with Crippen LogP contribution in [0.25, 0.3) is 0 Å². The van der Waals surface area contributed by atoms with Gasteiger partial charge in [-0.1, -0.05) is 19.8 Å². The van der Waals surface area contributed by atoms with Gasteiger partial charge in [0.25, 0.3) is 0 Å². The first-order chi connectivity index (χ1) is 14.1. The normalized spacial score (nSPS) is 18.8. The molecule has 7 nitrogen and oxygen atoms in total. The van der Waals surface area contributed by atoms with Gasteiger partial charge in [0, 0.05) is 36.7 Å². The molecule has 162 valence electrons. The molecule has 0 aliphatic heterocycles. The van der Waals surface area contributed by atoms with E-state index in [0.29, 0.717) is 17.3 Å². The van der Waals surface area contributed by atoms with E-state index in [-0.39, 0.29) is 29.6 Å². The molecule has 0 N–H and O–H groups in total. The number of hydrogen-bond donors (Lipinski definition) is 0. The lowest BCUT2D eigenvalue weighted by Gasteiger charge is -2.27. The summed E-state index contributed by atoms with van der Waals surface area (Å²) in [5.74, 6) is 1.12. The third kappa shape index (κ3) is 4.79. The van der Waals surface area contributed by atoms with E-state index in [2.05, 4.69) is 20.5 Å². The van der Waals surface area contributed by atoms with Crippen molar-refractivity contribution in [3.8, 4) is 5.75 Å². The number of Topliss-reactive ketones (excluding diaryl/α,β-unsaturated/α-hetero) is 1. The molecule has 0 aromatic carbocycles. The molecule has 2 saturated carbocycles. The van der Waals surface area contributed by atoms with Gasteiger partial charge >= 0.3 is 6.18 Å². The van der Waals surface area contributed by atoms with E-state index < -0.39 is 18.2 Å². The number of aromatic nitrogens is 5. The molecule has 0 spiro atoms. The average molecular weight is 423 g/mol. The molecule has 4 rings (SSSR count). The lowest BCUT2D eigenvalue weighted by molar-refractivity contribution is -0.153. The zero-order chi connectivity index (χ0) is 21.5. The smallest absolute Gasteiger partial charge is 0.422 e. The first-order valence-corrected chi connectivity index (χ1v) is 10.1. The number of carbonyl (C=O) groups excluding carboxylic acids is 1. The van der Waals surface area contributed by atoms with Crippen LogP contribution in [0.5, 0.6) is 5.75 Å². The number of carbonyl (C=O) groups is 1. The van der Waals surface area contributed by atoms with Crippen molar-refractivity contribution in [3.05, 3.63) is 29.3 Å². The largest absolute Gasteiger partial charge is 0.484 e. The highest BCUT2D eigenvalue weighted by Crippen LogP contribution is 2.45. The van der Waals surface area contributed by atoms with Crippen molar-refractivity contribution >= 4 is 5.78 Å². The van der Waals surface area contributed by atoms with Crippen molar-refractivity contribution in [3.63, 3.8) is 0 Å². The van der Waals surface area contributed by atoms with E-state index in [9.17, 15) is 18.0 Å². The van der Waals surface area contributed by atoms with Gasteiger partial charge in [-0.25, -0.2) is 4.68 Å². The van der Waals surface area contributed by atoms with Gasteiger partial charge in [0.05, 0.1) is 0 Å². The fourth-order valence-corrected chi connectivity index (χ4v) is 3.97. The Morgan fingerprint density at radius 1 is 1.27 bits per heavy atom. The molecule has 2 fully saturated rings. The predicted molar refractivity (Wildman–Crippen MR) is 100 cm³/mol. The summed E-state index contributed by atoms with van der Waals surface area (Å²) in [4.78, 5) is 17.4. The molecule has 2 aromatic heterocycles. The Bertz CT molecular complexity index is 937.